The SMILES string of the molecule is COc1ccc2[nH]c3c(c2c1)CC(NC(=O)NCc1ccc(OC)c(OC)c1)C3. The van der Waals surface area contributed by atoms with Gasteiger partial charge in [-0.2, -0.15) is 0 Å². The normalized spacial score (nSPS) is 15.1. The van der Waals surface area contributed by atoms with Crippen LogP contribution in [0.3, 0.4) is 0 Å². The Morgan fingerprint density at radius 2 is 1.86 bits per heavy atom. The molecule has 3 N–H and O–H groups in total. The van der Waals surface area contributed by atoms with Crippen molar-refractivity contribution in [2.45, 2.75) is 25.4 Å². The molecular weight excluding hydrogens is 370 g/mol. The molecule has 7 nitrogen and oxygen atoms in total. The number of ether oxygens (including phenoxy) is 3. The van der Waals surface area contributed by atoms with E-state index in [-0.39, 0.29) is 12.1 Å². The minimum atomic E-state index is -0.183. The summed E-state index contributed by atoms with van der Waals surface area (Å²) in [4.78, 5) is 15.8. The molecule has 0 bridgehead atoms. The number of carbonyl (C=O) groups is 1. The van der Waals surface area contributed by atoms with Crippen molar-refractivity contribution < 1.29 is 19.0 Å². The van der Waals surface area contributed by atoms with E-state index in [2.05, 4.69) is 15.6 Å². The molecule has 3 aromatic rings. The number of fused-ring (bicyclic) bond motifs is 3. The van der Waals surface area contributed by atoms with Crippen molar-refractivity contribution >= 4 is 16.9 Å². The number of carbonyl (C=O) groups excluding carboxylic acids is 1. The number of H-pyrrole nitrogens is 1. The molecule has 29 heavy (non-hydrogen) atoms. The first-order valence-electron chi connectivity index (χ1n) is 9.54. The van der Waals surface area contributed by atoms with Crippen LogP contribution in [0, 0.1) is 0 Å². The average molecular weight is 395 g/mol. The van der Waals surface area contributed by atoms with Gasteiger partial charge in [-0.3, -0.25) is 0 Å². The largest absolute Gasteiger partial charge is 0.497 e. The summed E-state index contributed by atoms with van der Waals surface area (Å²) in [6.45, 7) is 0.407. The Hall–Kier alpha value is -3.35. The number of urea groups is 1. The van der Waals surface area contributed by atoms with Crippen LogP contribution in [0.25, 0.3) is 10.9 Å². The lowest BCUT2D eigenvalue weighted by molar-refractivity contribution is 0.237. The Morgan fingerprint density at radius 1 is 1.03 bits per heavy atom. The van der Waals surface area contributed by atoms with E-state index < -0.39 is 0 Å². The lowest BCUT2D eigenvalue weighted by Crippen LogP contribution is -2.42. The number of nitrogens with one attached hydrogen (secondary N) is 3. The van der Waals surface area contributed by atoms with Crippen LogP contribution in [0.5, 0.6) is 17.2 Å². The smallest absolute Gasteiger partial charge is 0.315 e. The quantitative estimate of drug-likeness (QED) is 0.599. The number of amides is 2. The topological polar surface area (TPSA) is 84.6 Å². The number of benzene rings is 2. The first kappa shape index (κ1) is 19.0. The van der Waals surface area contributed by atoms with Gasteiger partial charge in [-0.1, -0.05) is 6.07 Å². The number of rotatable bonds is 6. The second-order valence-corrected chi connectivity index (χ2v) is 7.12. The summed E-state index contributed by atoms with van der Waals surface area (Å²) in [7, 11) is 4.86. The second kappa shape index (κ2) is 7.95. The molecule has 1 unspecified atom stereocenters. The van der Waals surface area contributed by atoms with Crippen molar-refractivity contribution in [1.29, 1.82) is 0 Å². The predicted octanol–water partition coefficient (Wildman–Crippen LogP) is 3.16. The van der Waals surface area contributed by atoms with Gasteiger partial charge in [0.2, 0.25) is 0 Å². The van der Waals surface area contributed by atoms with Crippen molar-refractivity contribution in [2.75, 3.05) is 21.3 Å². The molecule has 1 aromatic heterocycles. The highest BCUT2D eigenvalue weighted by Gasteiger charge is 2.26. The van der Waals surface area contributed by atoms with Gasteiger partial charge in [-0.15, -0.1) is 0 Å². The third-order valence-corrected chi connectivity index (χ3v) is 5.34. The Kier molecular flexibility index (Phi) is 5.20. The molecule has 2 amide bonds. The van der Waals surface area contributed by atoms with E-state index in [4.69, 9.17) is 14.2 Å². The Bertz CT molecular complexity index is 1040. The molecule has 0 fully saturated rings. The molecule has 2 aromatic carbocycles. The van der Waals surface area contributed by atoms with E-state index in [1.807, 2.05) is 36.4 Å². The number of aromatic amines is 1. The van der Waals surface area contributed by atoms with Gasteiger partial charge in [0.1, 0.15) is 5.75 Å². The average Bonchev–Trinajstić information content (AvgIpc) is 3.28. The molecule has 0 spiro atoms. The fourth-order valence-electron chi connectivity index (χ4n) is 3.89. The molecule has 152 valence electrons. The van der Waals surface area contributed by atoms with Crippen LogP contribution in [0.2, 0.25) is 0 Å². The molecule has 1 atom stereocenters. The lowest BCUT2D eigenvalue weighted by Gasteiger charge is -2.14. The van der Waals surface area contributed by atoms with E-state index >= 15 is 0 Å². The van der Waals surface area contributed by atoms with Gasteiger partial charge >= 0.3 is 6.03 Å². The van der Waals surface area contributed by atoms with Gasteiger partial charge in [0.25, 0.3) is 0 Å². The summed E-state index contributed by atoms with van der Waals surface area (Å²) >= 11 is 0. The molecule has 1 aliphatic rings. The van der Waals surface area contributed by atoms with Gasteiger partial charge in [0.15, 0.2) is 11.5 Å². The number of methoxy groups -OCH3 is 3. The van der Waals surface area contributed by atoms with Gasteiger partial charge in [-0.25, -0.2) is 4.79 Å². The van der Waals surface area contributed by atoms with E-state index in [9.17, 15) is 4.79 Å². The van der Waals surface area contributed by atoms with Gasteiger partial charge < -0.3 is 29.8 Å². The molecular formula is C22H25N3O4. The third kappa shape index (κ3) is 3.81. The van der Waals surface area contributed by atoms with Crippen LogP contribution < -0.4 is 24.8 Å². The van der Waals surface area contributed by atoms with E-state index in [0.717, 1.165) is 35.1 Å². The fraction of sp³-hybridized carbons (Fsp3) is 0.318. The highest BCUT2D eigenvalue weighted by atomic mass is 16.5. The van der Waals surface area contributed by atoms with Gasteiger partial charge in [0, 0.05) is 35.6 Å². The Labute approximate surface area is 169 Å². The molecule has 7 heteroatoms. The lowest BCUT2D eigenvalue weighted by atomic mass is 10.1. The van der Waals surface area contributed by atoms with Crippen molar-refractivity contribution in [2.24, 2.45) is 0 Å². The maximum absolute atomic E-state index is 12.4. The zero-order valence-corrected chi connectivity index (χ0v) is 16.8. The zero-order chi connectivity index (χ0) is 20.4. The highest BCUT2D eigenvalue weighted by Crippen LogP contribution is 2.32. The maximum Gasteiger partial charge on any atom is 0.315 e. The maximum atomic E-state index is 12.4. The minimum Gasteiger partial charge on any atom is -0.497 e. The summed E-state index contributed by atoms with van der Waals surface area (Å²) in [5.74, 6) is 2.14. The number of aromatic nitrogens is 1. The van der Waals surface area contributed by atoms with Crippen LogP contribution in [0.1, 0.15) is 16.8 Å². The first-order chi connectivity index (χ1) is 14.1. The molecule has 0 saturated carbocycles. The summed E-state index contributed by atoms with van der Waals surface area (Å²) in [6, 6.07) is 11.5. The van der Waals surface area contributed by atoms with E-state index in [0.29, 0.717) is 18.0 Å². The molecule has 1 aliphatic carbocycles. The predicted molar refractivity (Wildman–Crippen MR) is 111 cm³/mol. The van der Waals surface area contributed by atoms with Crippen molar-refractivity contribution in [1.82, 2.24) is 15.6 Å². The zero-order valence-electron chi connectivity index (χ0n) is 16.8. The number of hydrogen-bond acceptors (Lipinski definition) is 4. The van der Waals surface area contributed by atoms with Crippen LogP contribution in [0.4, 0.5) is 4.79 Å². The van der Waals surface area contributed by atoms with Crippen molar-refractivity contribution in [3.05, 3.63) is 53.2 Å². The third-order valence-electron chi connectivity index (χ3n) is 5.34. The van der Waals surface area contributed by atoms with E-state index in [1.54, 1.807) is 21.3 Å². The van der Waals surface area contributed by atoms with Crippen molar-refractivity contribution in [3.63, 3.8) is 0 Å². The fourth-order valence-corrected chi connectivity index (χ4v) is 3.89. The van der Waals surface area contributed by atoms with E-state index in [1.165, 1.54) is 11.3 Å². The number of hydrogen-bond donors (Lipinski definition) is 3. The summed E-state index contributed by atoms with van der Waals surface area (Å²) in [6.07, 6.45) is 1.59. The first-order valence-corrected chi connectivity index (χ1v) is 9.54. The molecule has 0 aliphatic heterocycles. The second-order valence-electron chi connectivity index (χ2n) is 7.12. The van der Waals surface area contributed by atoms with Gasteiger partial charge in [-0.05, 0) is 47.9 Å². The molecule has 1 heterocycles. The Morgan fingerprint density at radius 3 is 2.62 bits per heavy atom. The standard InChI is InChI=1S/C22H25N3O4/c1-27-15-5-6-18-17(11-15)16-9-14(10-19(16)25-18)24-22(26)23-12-13-4-7-20(28-2)21(8-13)29-3/h4-8,11,14,25H,9-10,12H2,1-3H3,(H2,23,24,26). The highest BCUT2D eigenvalue weighted by molar-refractivity contribution is 5.87. The molecule has 0 saturated heterocycles. The summed E-state index contributed by atoms with van der Waals surface area (Å²) < 4.78 is 15.9. The Balaban J connectivity index is 1.35. The summed E-state index contributed by atoms with van der Waals surface area (Å²) in [5, 5.41) is 7.14. The minimum absolute atomic E-state index is 0.0669. The van der Waals surface area contributed by atoms with Crippen LogP contribution in [-0.2, 0) is 19.4 Å². The molecule has 4 rings (SSSR count). The summed E-state index contributed by atoms with van der Waals surface area (Å²) in [5.41, 5.74) is 4.47. The van der Waals surface area contributed by atoms with Crippen molar-refractivity contribution in [3.8, 4) is 17.2 Å². The van der Waals surface area contributed by atoms with Gasteiger partial charge in [0.05, 0.1) is 21.3 Å². The molecule has 0 radical (unpaired) electrons. The van der Waals surface area contributed by atoms with Crippen LogP contribution in [0.15, 0.2) is 36.4 Å². The van der Waals surface area contributed by atoms with Crippen LogP contribution in [-0.4, -0.2) is 38.4 Å². The van der Waals surface area contributed by atoms with Crippen LogP contribution >= 0.6 is 0 Å². The monoisotopic (exact) mass is 395 g/mol.